The Morgan fingerprint density at radius 2 is 1.89 bits per heavy atom. The van der Waals surface area contributed by atoms with Crippen molar-refractivity contribution >= 4 is 11.8 Å². The van der Waals surface area contributed by atoms with Crippen LogP contribution in [0.15, 0.2) is 29.2 Å². The minimum atomic E-state index is -0.138. The van der Waals surface area contributed by atoms with Crippen molar-refractivity contribution in [1.29, 1.82) is 0 Å². The van der Waals surface area contributed by atoms with Gasteiger partial charge >= 0.3 is 0 Å². The van der Waals surface area contributed by atoms with Crippen molar-refractivity contribution < 1.29 is 5.11 Å². The Morgan fingerprint density at radius 1 is 1.21 bits per heavy atom. The van der Waals surface area contributed by atoms with Gasteiger partial charge < -0.3 is 10.0 Å². The number of hydrogen-bond acceptors (Lipinski definition) is 3. The molecule has 0 spiro atoms. The highest BCUT2D eigenvalue weighted by atomic mass is 32.2. The molecular formula is C16H25NOS. The first-order valence-corrected chi connectivity index (χ1v) is 8.07. The molecule has 0 unspecified atom stereocenters. The molecule has 19 heavy (non-hydrogen) atoms. The second kappa shape index (κ2) is 6.78. The molecule has 3 heteroatoms. The van der Waals surface area contributed by atoms with Gasteiger partial charge in [-0.3, -0.25) is 0 Å². The second-order valence-corrected chi connectivity index (χ2v) is 6.97. The van der Waals surface area contributed by atoms with E-state index in [0.717, 1.165) is 12.8 Å². The molecule has 0 bridgehead atoms. The number of rotatable bonds is 4. The molecule has 2 rings (SSSR count). The molecular weight excluding hydrogens is 254 g/mol. The average molecular weight is 279 g/mol. The number of thioether (sulfide) groups is 1. The average Bonchev–Trinajstić information content (AvgIpc) is 2.41. The van der Waals surface area contributed by atoms with Gasteiger partial charge in [0, 0.05) is 16.2 Å². The van der Waals surface area contributed by atoms with Crippen molar-refractivity contribution in [2.45, 2.75) is 54.9 Å². The highest BCUT2D eigenvalue weighted by Gasteiger charge is 2.25. The van der Waals surface area contributed by atoms with E-state index < -0.39 is 0 Å². The molecule has 1 aliphatic rings. The maximum absolute atomic E-state index is 10.1. The van der Waals surface area contributed by atoms with Gasteiger partial charge in [0.2, 0.25) is 0 Å². The Hall–Kier alpha value is -0.510. The fraction of sp³-hybridized carbons (Fsp3) is 0.625. The van der Waals surface area contributed by atoms with E-state index in [1.54, 1.807) is 0 Å². The van der Waals surface area contributed by atoms with Gasteiger partial charge in [-0.1, -0.05) is 31.0 Å². The Balaban J connectivity index is 2.15. The van der Waals surface area contributed by atoms with E-state index in [-0.39, 0.29) is 6.10 Å². The zero-order chi connectivity index (χ0) is 13.8. The Morgan fingerprint density at radius 3 is 2.58 bits per heavy atom. The maximum Gasteiger partial charge on any atom is 0.0662 e. The standard InChI is InChI=1S/C16H25NOS/c1-12(17(2)3)13-8-4-6-10-15(13)19-16-11-7-5-9-14(16)18/h4,6,8,10,12,14,16,18H,5,7,9,11H2,1-3H3/t12-,14-,16-/m1/s1. The SMILES string of the molecule is C[C@H](c1ccccc1S[C@@H]1CCCC[C@H]1O)N(C)C. The minimum Gasteiger partial charge on any atom is -0.392 e. The zero-order valence-electron chi connectivity index (χ0n) is 12.2. The third-order valence-corrected chi connectivity index (χ3v) is 5.57. The molecule has 0 aliphatic heterocycles. The molecule has 106 valence electrons. The number of aliphatic hydroxyl groups excluding tert-OH is 1. The molecule has 0 saturated heterocycles. The van der Waals surface area contributed by atoms with Crippen molar-refractivity contribution in [2.75, 3.05) is 14.1 Å². The molecule has 1 N–H and O–H groups in total. The number of nitrogens with zero attached hydrogens (tertiary/aromatic N) is 1. The fourth-order valence-electron chi connectivity index (χ4n) is 2.59. The fourth-order valence-corrected chi connectivity index (χ4v) is 4.02. The summed E-state index contributed by atoms with van der Waals surface area (Å²) in [5, 5.41) is 10.5. The zero-order valence-corrected chi connectivity index (χ0v) is 13.0. The Labute approximate surface area is 121 Å². The van der Waals surface area contributed by atoms with Gasteiger partial charge in [-0.05, 0) is 45.5 Å². The van der Waals surface area contributed by atoms with Gasteiger partial charge in [0.1, 0.15) is 0 Å². The number of benzene rings is 1. The molecule has 0 amide bonds. The largest absolute Gasteiger partial charge is 0.392 e. The summed E-state index contributed by atoms with van der Waals surface area (Å²) in [6.45, 7) is 2.23. The van der Waals surface area contributed by atoms with Crippen LogP contribution in [0, 0.1) is 0 Å². The van der Waals surface area contributed by atoms with Crippen LogP contribution in [-0.4, -0.2) is 35.5 Å². The highest BCUT2D eigenvalue weighted by Crippen LogP contribution is 2.37. The van der Waals surface area contributed by atoms with Crippen LogP contribution in [0.3, 0.4) is 0 Å². The van der Waals surface area contributed by atoms with Gasteiger partial charge in [0.25, 0.3) is 0 Å². The predicted octanol–water partition coefficient (Wildman–Crippen LogP) is 3.70. The summed E-state index contributed by atoms with van der Waals surface area (Å²) >= 11 is 1.87. The second-order valence-electron chi connectivity index (χ2n) is 5.69. The number of aliphatic hydroxyl groups is 1. The topological polar surface area (TPSA) is 23.5 Å². The van der Waals surface area contributed by atoms with Crippen molar-refractivity contribution in [2.24, 2.45) is 0 Å². The lowest BCUT2D eigenvalue weighted by Gasteiger charge is -2.29. The molecule has 0 radical (unpaired) electrons. The van der Waals surface area contributed by atoms with E-state index in [2.05, 4.69) is 50.2 Å². The molecule has 1 fully saturated rings. The minimum absolute atomic E-state index is 0.138. The summed E-state index contributed by atoms with van der Waals surface area (Å²) in [7, 11) is 4.23. The van der Waals surface area contributed by atoms with Gasteiger partial charge in [-0.2, -0.15) is 0 Å². The van der Waals surface area contributed by atoms with Gasteiger partial charge in [0.05, 0.1) is 6.10 Å². The molecule has 2 nitrogen and oxygen atoms in total. The summed E-state index contributed by atoms with van der Waals surface area (Å²) in [5.41, 5.74) is 1.37. The van der Waals surface area contributed by atoms with Gasteiger partial charge in [-0.15, -0.1) is 11.8 Å². The Kier molecular flexibility index (Phi) is 5.31. The van der Waals surface area contributed by atoms with E-state index in [1.807, 2.05) is 11.8 Å². The van der Waals surface area contributed by atoms with Crippen LogP contribution >= 0.6 is 11.8 Å². The lowest BCUT2D eigenvalue weighted by Crippen LogP contribution is -2.27. The van der Waals surface area contributed by atoms with Crippen molar-refractivity contribution in [3.8, 4) is 0 Å². The van der Waals surface area contributed by atoms with Crippen LogP contribution in [-0.2, 0) is 0 Å². The van der Waals surface area contributed by atoms with Crippen molar-refractivity contribution in [3.05, 3.63) is 29.8 Å². The van der Waals surface area contributed by atoms with Crippen LogP contribution < -0.4 is 0 Å². The molecule has 1 aromatic carbocycles. The van der Waals surface area contributed by atoms with Crippen LogP contribution in [0.4, 0.5) is 0 Å². The Bertz CT molecular complexity index is 407. The highest BCUT2D eigenvalue weighted by molar-refractivity contribution is 8.00. The molecule has 3 atom stereocenters. The normalized spacial score (nSPS) is 25.5. The first-order valence-electron chi connectivity index (χ1n) is 7.19. The summed E-state index contributed by atoms with van der Waals surface area (Å²) < 4.78 is 0. The summed E-state index contributed by atoms with van der Waals surface area (Å²) in [5.74, 6) is 0. The maximum atomic E-state index is 10.1. The first kappa shape index (κ1) is 14.9. The molecule has 0 heterocycles. The molecule has 0 aromatic heterocycles. The van der Waals surface area contributed by atoms with Crippen LogP contribution in [0.5, 0.6) is 0 Å². The van der Waals surface area contributed by atoms with Gasteiger partial charge in [-0.25, -0.2) is 0 Å². The first-order chi connectivity index (χ1) is 9.09. The van der Waals surface area contributed by atoms with Crippen LogP contribution in [0.2, 0.25) is 0 Å². The summed E-state index contributed by atoms with van der Waals surface area (Å²) in [6.07, 6.45) is 4.38. The lowest BCUT2D eigenvalue weighted by atomic mass is 9.97. The van der Waals surface area contributed by atoms with E-state index >= 15 is 0 Å². The third kappa shape index (κ3) is 3.74. The van der Waals surface area contributed by atoms with Crippen LogP contribution in [0.25, 0.3) is 0 Å². The smallest absolute Gasteiger partial charge is 0.0662 e. The lowest BCUT2D eigenvalue weighted by molar-refractivity contribution is 0.137. The predicted molar refractivity (Wildman–Crippen MR) is 82.7 cm³/mol. The monoisotopic (exact) mass is 279 g/mol. The molecule has 1 saturated carbocycles. The van der Waals surface area contributed by atoms with Gasteiger partial charge in [0.15, 0.2) is 0 Å². The van der Waals surface area contributed by atoms with E-state index in [1.165, 1.54) is 23.3 Å². The van der Waals surface area contributed by atoms with Crippen molar-refractivity contribution in [3.63, 3.8) is 0 Å². The number of hydrogen-bond donors (Lipinski definition) is 1. The quantitative estimate of drug-likeness (QED) is 0.909. The van der Waals surface area contributed by atoms with E-state index in [0.29, 0.717) is 11.3 Å². The van der Waals surface area contributed by atoms with E-state index in [9.17, 15) is 5.11 Å². The molecule has 1 aromatic rings. The molecule has 1 aliphatic carbocycles. The van der Waals surface area contributed by atoms with E-state index in [4.69, 9.17) is 0 Å². The van der Waals surface area contributed by atoms with Crippen LogP contribution in [0.1, 0.15) is 44.2 Å². The third-order valence-electron chi connectivity index (χ3n) is 4.09. The van der Waals surface area contributed by atoms with Crippen molar-refractivity contribution in [1.82, 2.24) is 4.90 Å². The summed E-state index contributed by atoms with van der Waals surface area (Å²) in [4.78, 5) is 3.56. The summed E-state index contributed by atoms with van der Waals surface area (Å²) in [6, 6.07) is 9.02.